The minimum Gasteiger partial charge on any atom is -0.508 e. The molecule has 3 amide bonds. The average Bonchev–Trinajstić information content (AvgIpc) is 3.28. The number of amides is 3. The van der Waals surface area contributed by atoms with Crippen LogP contribution in [0.2, 0.25) is 0 Å². The zero-order valence-corrected chi connectivity index (χ0v) is 17.4. The third-order valence-corrected chi connectivity index (χ3v) is 5.67. The van der Waals surface area contributed by atoms with Crippen molar-refractivity contribution in [2.45, 2.75) is 18.7 Å². The molecule has 0 spiro atoms. The molecule has 9 heteroatoms. The van der Waals surface area contributed by atoms with Crippen LogP contribution in [-0.2, 0) is 23.5 Å². The summed E-state index contributed by atoms with van der Waals surface area (Å²) in [6.07, 6.45) is 5.07. The number of imide groups is 1. The number of urea groups is 1. The number of aromatic nitrogens is 2. The number of hydrogen-bond acceptors (Lipinski definition) is 6. The van der Waals surface area contributed by atoms with E-state index < -0.39 is 17.5 Å². The first-order chi connectivity index (χ1) is 15.9. The molecule has 2 aromatic carbocycles. The molecule has 1 saturated heterocycles. The molecule has 1 aliphatic rings. The van der Waals surface area contributed by atoms with E-state index in [9.17, 15) is 19.8 Å². The van der Waals surface area contributed by atoms with Gasteiger partial charge in [-0.05, 0) is 42.0 Å². The van der Waals surface area contributed by atoms with Gasteiger partial charge in [0.15, 0.2) is 11.4 Å². The minimum absolute atomic E-state index is 0.0130. The Kier molecular flexibility index (Phi) is 4.86. The smallest absolute Gasteiger partial charge is 0.322 e. The highest BCUT2D eigenvalue weighted by Gasteiger charge is 2.48. The van der Waals surface area contributed by atoms with Crippen molar-refractivity contribution in [3.8, 4) is 17.4 Å². The van der Waals surface area contributed by atoms with E-state index in [1.54, 1.807) is 48.9 Å². The SMILES string of the molecule is O=C1NC(=O)[C@](Cn2cc3ccc(O)cc3c2O)(c2ccc(OCc3cccnc3)cc2)N1. The Bertz CT molecular complexity index is 1350. The van der Waals surface area contributed by atoms with E-state index in [-0.39, 0.29) is 18.2 Å². The van der Waals surface area contributed by atoms with Crippen LogP contribution in [0.15, 0.2) is 73.2 Å². The molecule has 0 saturated carbocycles. The fourth-order valence-electron chi connectivity index (χ4n) is 3.99. The quantitative estimate of drug-likeness (QED) is 0.339. The monoisotopic (exact) mass is 444 g/mol. The minimum atomic E-state index is -1.44. The predicted molar refractivity (Wildman–Crippen MR) is 119 cm³/mol. The molecule has 9 nitrogen and oxygen atoms in total. The second-order valence-electron chi connectivity index (χ2n) is 7.84. The largest absolute Gasteiger partial charge is 0.508 e. The molecule has 0 unspecified atom stereocenters. The summed E-state index contributed by atoms with van der Waals surface area (Å²) in [5.41, 5.74) is 0.00863. The van der Waals surface area contributed by atoms with Crippen molar-refractivity contribution >= 4 is 22.7 Å². The first kappa shape index (κ1) is 20.4. The first-order valence-corrected chi connectivity index (χ1v) is 10.2. The summed E-state index contributed by atoms with van der Waals surface area (Å²) in [5.74, 6) is -0.0475. The number of nitrogens with zero attached hydrogens (tertiary/aromatic N) is 2. The summed E-state index contributed by atoms with van der Waals surface area (Å²) in [6.45, 7) is 0.286. The van der Waals surface area contributed by atoms with Crippen LogP contribution in [-0.4, -0.2) is 31.7 Å². The maximum Gasteiger partial charge on any atom is 0.322 e. The molecule has 2 aromatic heterocycles. The molecule has 3 heterocycles. The van der Waals surface area contributed by atoms with Crippen LogP contribution >= 0.6 is 0 Å². The van der Waals surface area contributed by atoms with E-state index in [0.29, 0.717) is 28.7 Å². The fourth-order valence-corrected chi connectivity index (χ4v) is 3.99. The predicted octanol–water partition coefficient (Wildman–Crippen LogP) is 2.76. The zero-order valence-electron chi connectivity index (χ0n) is 17.4. The van der Waals surface area contributed by atoms with Gasteiger partial charge in [-0.1, -0.05) is 18.2 Å². The Hall–Kier alpha value is -4.53. The topological polar surface area (TPSA) is 126 Å². The normalized spacial score (nSPS) is 17.7. The zero-order chi connectivity index (χ0) is 23.0. The number of carbonyl (C=O) groups is 2. The molecule has 4 aromatic rings. The lowest BCUT2D eigenvalue weighted by Gasteiger charge is -2.27. The van der Waals surface area contributed by atoms with Gasteiger partial charge in [0.25, 0.3) is 5.91 Å². The summed E-state index contributed by atoms with van der Waals surface area (Å²) in [6, 6.07) is 14.6. The van der Waals surface area contributed by atoms with Gasteiger partial charge in [0.1, 0.15) is 18.1 Å². The highest BCUT2D eigenvalue weighted by Crippen LogP contribution is 2.35. The molecule has 1 atom stereocenters. The molecule has 33 heavy (non-hydrogen) atoms. The van der Waals surface area contributed by atoms with Crippen LogP contribution in [0.3, 0.4) is 0 Å². The molecule has 0 radical (unpaired) electrons. The van der Waals surface area contributed by atoms with Crippen LogP contribution in [0.25, 0.3) is 10.8 Å². The van der Waals surface area contributed by atoms with Crippen molar-refractivity contribution in [2.75, 3.05) is 0 Å². The number of benzene rings is 2. The van der Waals surface area contributed by atoms with Crippen molar-refractivity contribution in [3.05, 3.63) is 84.3 Å². The van der Waals surface area contributed by atoms with Crippen molar-refractivity contribution in [1.82, 2.24) is 20.2 Å². The van der Waals surface area contributed by atoms with Crippen molar-refractivity contribution in [2.24, 2.45) is 0 Å². The number of fused-ring (bicyclic) bond motifs is 1. The van der Waals surface area contributed by atoms with Crippen molar-refractivity contribution < 1.29 is 24.5 Å². The lowest BCUT2D eigenvalue weighted by atomic mass is 9.89. The van der Waals surface area contributed by atoms with E-state index in [2.05, 4.69) is 15.6 Å². The van der Waals surface area contributed by atoms with E-state index in [1.165, 1.54) is 16.7 Å². The Labute approximate surface area is 188 Å². The van der Waals surface area contributed by atoms with E-state index >= 15 is 0 Å². The van der Waals surface area contributed by atoms with Crippen LogP contribution < -0.4 is 15.4 Å². The number of hydrogen-bond donors (Lipinski definition) is 4. The number of aromatic hydroxyl groups is 2. The molecule has 166 valence electrons. The Morgan fingerprint density at radius 1 is 1.06 bits per heavy atom. The summed E-state index contributed by atoms with van der Waals surface area (Å²) in [7, 11) is 0. The number of nitrogens with one attached hydrogen (secondary N) is 2. The summed E-state index contributed by atoms with van der Waals surface area (Å²) in [5, 5.41) is 26.6. The molecule has 4 N–H and O–H groups in total. The second-order valence-corrected chi connectivity index (χ2v) is 7.84. The van der Waals surface area contributed by atoms with Crippen LogP contribution in [0.5, 0.6) is 17.4 Å². The van der Waals surface area contributed by atoms with Gasteiger partial charge in [-0.2, -0.15) is 0 Å². The molecule has 0 aliphatic carbocycles. The highest BCUT2D eigenvalue weighted by atomic mass is 16.5. The number of ether oxygens (including phenoxy) is 1. The van der Waals surface area contributed by atoms with Gasteiger partial charge in [-0.3, -0.25) is 15.1 Å². The molecule has 0 bridgehead atoms. The Balaban J connectivity index is 1.45. The average molecular weight is 444 g/mol. The van der Waals surface area contributed by atoms with Gasteiger partial charge in [-0.15, -0.1) is 0 Å². The first-order valence-electron chi connectivity index (χ1n) is 10.2. The summed E-state index contributed by atoms with van der Waals surface area (Å²) in [4.78, 5) is 29.1. The second kappa shape index (κ2) is 7.86. The molecular weight excluding hydrogens is 424 g/mol. The summed E-state index contributed by atoms with van der Waals surface area (Å²) < 4.78 is 7.26. The number of phenols is 1. The Morgan fingerprint density at radius 2 is 1.88 bits per heavy atom. The maximum absolute atomic E-state index is 12.9. The van der Waals surface area contributed by atoms with E-state index in [1.807, 2.05) is 12.1 Å². The van der Waals surface area contributed by atoms with Gasteiger partial charge in [0, 0.05) is 34.9 Å². The van der Waals surface area contributed by atoms with E-state index in [0.717, 1.165) is 5.56 Å². The molecule has 5 rings (SSSR count). The van der Waals surface area contributed by atoms with Crippen LogP contribution in [0.4, 0.5) is 4.79 Å². The van der Waals surface area contributed by atoms with Crippen LogP contribution in [0.1, 0.15) is 11.1 Å². The van der Waals surface area contributed by atoms with Crippen molar-refractivity contribution in [1.29, 1.82) is 0 Å². The molecular formula is C24H20N4O5. The summed E-state index contributed by atoms with van der Waals surface area (Å²) >= 11 is 0. The van der Waals surface area contributed by atoms with Gasteiger partial charge in [-0.25, -0.2) is 4.79 Å². The van der Waals surface area contributed by atoms with Gasteiger partial charge in [0.2, 0.25) is 0 Å². The standard InChI is InChI=1S/C24H20N4O5/c29-18-6-3-16-12-28(21(30)20(16)10-18)14-24(22(31)26-23(32)27-24)17-4-7-19(8-5-17)33-13-15-2-1-9-25-11-15/h1-12,29-30H,13-14H2,(H2,26,27,31,32)/t24-/m0/s1. The van der Waals surface area contributed by atoms with Gasteiger partial charge < -0.3 is 24.8 Å². The van der Waals surface area contributed by atoms with E-state index in [4.69, 9.17) is 4.74 Å². The van der Waals surface area contributed by atoms with Gasteiger partial charge >= 0.3 is 6.03 Å². The fraction of sp³-hybridized carbons (Fsp3) is 0.125. The number of phenolic OH excluding ortho intramolecular Hbond substituents is 1. The van der Waals surface area contributed by atoms with Crippen molar-refractivity contribution in [3.63, 3.8) is 0 Å². The highest BCUT2D eigenvalue weighted by molar-refractivity contribution is 6.07. The molecule has 1 aliphatic heterocycles. The van der Waals surface area contributed by atoms with Gasteiger partial charge in [0.05, 0.1) is 6.54 Å². The lowest BCUT2D eigenvalue weighted by molar-refractivity contribution is -0.124. The van der Waals surface area contributed by atoms with Crippen LogP contribution in [0, 0.1) is 0 Å². The third kappa shape index (κ3) is 3.69. The lowest BCUT2D eigenvalue weighted by Crippen LogP contribution is -2.47. The number of pyridine rings is 1. The number of rotatable bonds is 6. The Morgan fingerprint density at radius 3 is 2.58 bits per heavy atom. The maximum atomic E-state index is 12.9. The molecule has 1 fully saturated rings. The third-order valence-electron chi connectivity index (χ3n) is 5.67. The number of carbonyl (C=O) groups excluding carboxylic acids is 2.